The Morgan fingerprint density at radius 2 is 2.00 bits per heavy atom. The summed E-state index contributed by atoms with van der Waals surface area (Å²) in [5, 5.41) is 2.68. The molecule has 9 nitrogen and oxygen atoms in total. The van der Waals surface area contributed by atoms with Crippen LogP contribution in [-0.4, -0.2) is 35.6 Å². The number of hydrogen-bond acceptors (Lipinski definition) is 8. The van der Waals surface area contributed by atoms with Crippen LogP contribution in [0.25, 0.3) is 10.9 Å². The number of nitrogens with zero attached hydrogens (tertiary/aromatic N) is 1. The molecule has 0 radical (unpaired) electrons. The van der Waals surface area contributed by atoms with Gasteiger partial charge in [-0.3, -0.25) is 4.79 Å². The molecule has 1 aromatic carbocycles. The number of rotatable bonds is 6. The number of nitrogen functional groups attached to an aromatic ring is 1. The van der Waals surface area contributed by atoms with Crippen molar-refractivity contribution in [2.45, 2.75) is 46.6 Å². The lowest BCUT2D eigenvalue weighted by atomic mass is 9.97. The molecule has 3 N–H and O–H groups in total. The number of nitrogens with two attached hydrogens (primary N) is 1. The number of nitrogens with one attached hydrogen (secondary N) is 1. The Hall–Kier alpha value is -3.10. The molecular formula is C19H25N3O6. The van der Waals surface area contributed by atoms with E-state index in [0.29, 0.717) is 5.56 Å². The highest BCUT2D eigenvalue weighted by Crippen LogP contribution is 2.26. The molecule has 0 fully saturated rings. The summed E-state index contributed by atoms with van der Waals surface area (Å²) in [5.74, 6) is -0.318. The molecular weight excluding hydrogens is 366 g/mol. The molecule has 0 spiro atoms. The molecule has 1 aromatic heterocycles. The van der Waals surface area contributed by atoms with Crippen LogP contribution in [0.4, 0.5) is 10.5 Å². The zero-order valence-electron chi connectivity index (χ0n) is 16.7. The second-order valence-corrected chi connectivity index (χ2v) is 7.16. The van der Waals surface area contributed by atoms with Crippen molar-refractivity contribution in [3.05, 3.63) is 27.6 Å². The second-order valence-electron chi connectivity index (χ2n) is 7.16. The molecule has 0 aliphatic heterocycles. The van der Waals surface area contributed by atoms with Crippen LogP contribution >= 0.6 is 0 Å². The maximum absolute atomic E-state index is 12.6. The van der Waals surface area contributed by atoms with E-state index in [9.17, 15) is 14.4 Å². The lowest BCUT2D eigenvalue weighted by molar-refractivity contribution is 0.0527. The van der Waals surface area contributed by atoms with Crippen molar-refractivity contribution in [3.63, 3.8) is 0 Å². The first-order chi connectivity index (χ1) is 13.0. The number of fused-ring (bicyclic) bond motifs is 1. The molecule has 0 saturated carbocycles. The van der Waals surface area contributed by atoms with Crippen molar-refractivity contribution >= 4 is 28.5 Å². The summed E-state index contributed by atoms with van der Waals surface area (Å²) in [5.41, 5.74) is 5.80. The summed E-state index contributed by atoms with van der Waals surface area (Å²) in [6, 6.07) is 1.44. The third-order valence-corrected chi connectivity index (χ3v) is 3.75. The van der Waals surface area contributed by atoms with Crippen LogP contribution in [-0.2, 0) is 4.74 Å². The van der Waals surface area contributed by atoms with E-state index in [0.717, 1.165) is 0 Å². The Balaban J connectivity index is 2.23. The summed E-state index contributed by atoms with van der Waals surface area (Å²) in [4.78, 5) is 40.7. The average molecular weight is 391 g/mol. The molecule has 0 saturated heterocycles. The predicted molar refractivity (Wildman–Crippen MR) is 104 cm³/mol. The van der Waals surface area contributed by atoms with Gasteiger partial charge in [-0.1, -0.05) is 0 Å². The first-order valence-electron chi connectivity index (χ1n) is 8.90. The van der Waals surface area contributed by atoms with E-state index in [1.807, 2.05) is 0 Å². The normalized spacial score (nSPS) is 11.3. The molecule has 152 valence electrons. The maximum atomic E-state index is 12.6. The molecule has 0 atom stereocenters. The van der Waals surface area contributed by atoms with Gasteiger partial charge in [0.15, 0.2) is 5.78 Å². The van der Waals surface area contributed by atoms with E-state index in [-0.39, 0.29) is 53.6 Å². The fourth-order valence-electron chi connectivity index (χ4n) is 2.70. The summed E-state index contributed by atoms with van der Waals surface area (Å²) >= 11 is 0. The zero-order valence-corrected chi connectivity index (χ0v) is 16.7. The van der Waals surface area contributed by atoms with Gasteiger partial charge in [0, 0.05) is 24.2 Å². The van der Waals surface area contributed by atoms with E-state index in [1.54, 1.807) is 34.6 Å². The smallest absolute Gasteiger partial charge is 0.407 e. The van der Waals surface area contributed by atoms with Crippen LogP contribution in [0, 0.1) is 6.92 Å². The van der Waals surface area contributed by atoms with Crippen molar-refractivity contribution in [1.82, 2.24) is 10.3 Å². The lowest BCUT2D eigenvalue weighted by Gasteiger charge is -2.19. The number of aryl methyl sites for hydroxylation is 1. The predicted octanol–water partition coefficient (Wildman–Crippen LogP) is 2.57. The zero-order chi connectivity index (χ0) is 21.1. The molecule has 0 unspecified atom stereocenters. The highest BCUT2D eigenvalue weighted by molar-refractivity contribution is 6.06. The highest BCUT2D eigenvalue weighted by atomic mass is 16.6. The van der Waals surface area contributed by atoms with Crippen LogP contribution in [0.1, 0.15) is 50.0 Å². The van der Waals surface area contributed by atoms with E-state index in [1.165, 1.54) is 6.07 Å². The Kier molecular flexibility index (Phi) is 6.27. The van der Waals surface area contributed by atoms with Crippen LogP contribution in [0.3, 0.4) is 0 Å². The number of ketones is 1. The van der Waals surface area contributed by atoms with Crippen molar-refractivity contribution in [2.75, 3.05) is 18.9 Å². The molecule has 0 aliphatic rings. The number of ether oxygens (including phenoxy) is 2. The molecule has 28 heavy (non-hydrogen) atoms. The number of aromatic nitrogens is 1. The van der Waals surface area contributed by atoms with E-state index in [4.69, 9.17) is 19.6 Å². The molecule has 2 aromatic rings. The molecule has 0 aliphatic carbocycles. The van der Waals surface area contributed by atoms with Gasteiger partial charge in [-0.25, -0.2) is 9.59 Å². The first kappa shape index (κ1) is 21.2. The van der Waals surface area contributed by atoms with Crippen LogP contribution < -0.4 is 21.4 Å². The van der Waals surface area contributed by atoms with Crippen LogP contribution in [0.15, 0.2) is 15.3 Å². The van der Waals surface area contributed by atoms with Gasteiger partial charge >= 0.3 is 17.8 Å². The van der Waals surface area contributed by atoms with Crippen molar-refractivity contribution < 1.29 is 23.5 Å². The standard InChI is InChI=1S/C19H25N3O6/c1-6-26-18-22-12-9-11(20)14(10(2)15(12)16(24)27-18)13(23)7-8-21-17(25)28-19(3,4)5/h9H,6-8,20H2,1-5H3,(H,21,25). The van der Waals surface area contributed by atoms with Gasteiger partial charge in [0.2, 0.25) is 0 Å². The number of amides is 1. The number of Topliss-reactive ketones (excluding diaryl/α,β-unsaturated/α-hetero) is 1. The molecule has 9 heteroatoms. The third kappa shape index (κ3) is 4.99. The van der Waals surface area contributed by atoms with Gasteiger partial charge < -0.3 is 24.9 Å². The Morgan fingerprint density at radius 3 is 2.61 bits per heavy atom. The monoisotopic (exact) mass is 391 g/mol. The van der Waals surface area contributed by atoms with Crippen LogP contribution in [0.5, 0.6) is 6.08 Å². The van der Waals surface area contributed by atoms with Gasteiger partial charge in [0.25, 0.3) is 0 Å². The topological polar surface area (TPSA) is 134 Å². The van der Waals surface area contributed by atoms with Gasteiger partial charge in [0.05, 0.1) is 17.5 Å². The number of alkyl carbamates (subject to hydrolysis) is 1. The maximum Gasteiger partial charge on any atom is 0.407 e. The van der Waals surface area contributed by atoms with Gasteiger partial charge in [-0.2, -0.15) is 4.98 Å². The van der Waals surface area contributed by atoms with Crippen molar-refractivity contribution in [1.29, 1.82) is 0 Å². The lowest BCUT2D eigenvalue weighted by Crippen LogP contribution is -2.33. The number of benzene rings is 1. The van der Waals surface area contributed by atoms with Gasteiger partial charge in [-0.05, 0) is 46.2 Å². The Morgan fingerprint density at radius 1 is 1.32 bits per heavy atom. The number of hydrogen-bond donors (Lipinski definition) is 2. The molecule has 1 heterocycles. The van der Waals surface area contributed by atoms with Crippen molar-refractivity contribution in [3.8, 4) is 6.08 Å². The summed E-state index contributed by atoms with van der Waals surface area (Å²) in [6.45, 7) is 8.93. The van der Waals surface area contributed by atoms with E-state index >= 15 is 0 Å². The van der Waals surface area contributed by atoms with E-state index < -0.39 is 17.3 Å². The molecule has 0 bridgehead atoms. The van der Waals surface area contributed by atoms with Gasteiger partial charge in [-0.15, -0.1) is 0 Å². The Bertz CT molecular complexity index is 959. The molecule has 1 amide bonds. The minimum Gasteiger partial charge on any atom is -0.450 e. The number of anilines is 1. The third-order valence-electron chi connectivity index (χ3n) is 3.75. The first-order valence-corrected chi connectivity index (χ1v) is 8.90. The largest absolute Gasteiger partial charge is 0.450 e. The van der Waals surface area contributed by atoms with E-state index in [2.05, 4.69) is 10.3 Å². The minimum absolute atomic E-state index is 0.00835. The fraction of sp³-hybridized carbons (Fsp3) is 0.474. The Labute approximate surface area is 162 Å². The van der Waals surface area contributed by atoms with Crippen molar-refractivity contribution in [2.24, 2.45) is 0 Å². The SMILES string of the molecule is CCOc1nc2cc(N)c(C(=O)CCNC(=O)OC(C)(C)C)c(C)c2c(=O)o1. The van der Waals surface area contributed by atoms with Gasteiger partial charge in [0.1, 0.15) is 5.60 Å². The number of carbonyl (C=O) groups is 2. The second kappa shape index (κ2) is 8.28. The number of carbonyl (C=O) groups excluding carboxylic acids is 2. The summed E-state index contributed by atoms with van der Waals surface area (Å²) in [6.07, 6.45) is -0.776. The summed E-state index contributed by atoms with van der Waals surface area (Å²) in [7, 11) is 0. The minimum atomic E-state index is -0.660. The fourth-order valence-corrected chi connectivity index (χ4v) is 2.70. The highest BCUT2D eigenvalue weighted by Gasteiger charge is 2.21. The molecule has 2 rings (SSSR count). The summed E-state index contributed by atoms with van der Waals surface area (Å²) < 4.78 is 15.3. The van der Waals surface area contributed by atoms with Crippen LogP contribution in [0.2, 0.25) is 0 Å². The quantitative estimate of drug-likeness (QED) is 0.567. The average Bonchev–Trinajstić information content (AvgIpc) is 2.52.